The number of alkyl halides is 6. The van der Waals surface area contributed by atoms with E-state index in [4.69, 9.17) is 10.2 Å². The van der Waals surface area contributed by atoms with Gasteiger partial charge in [-0.15, -0.1) is 0 Å². The van der Waals surface area contributed by atoms with Crippen molar-refractivity contribution in [2.75, 3.05) is 10.6 Å². The predicted octanol–water partition coefficient (Wildman–Crippen LogP) is 3.94. The molecular weight excluding hydrogens is 498 g/mol. The molecule has 0 aromatic heterocycles. The smallest absolute Gasteiger partial charge is 0.461 e. The molecule has 16 heteroatoms. The molecule has 0 bridgehead atoms. The second-order valence-electron chi connectivity index (χ2n) is 6.66. The summed E-state index contributed by atoms with van der Waals surface area (Å²) in [4.78, 5) is 45.5. The molecule has 0 saturated carbocycles. The molecule has 2 aromatic carbocycles. The van der Waals surface area contributed by atoms with Gasteiger partial charge >= 0.3 is 41.9 Å². The van der Waals surface area contributed by atoms with Crippen molar-refractivity contribution >= 4 is 35.3 Å². The van der Waals surface area contributed by atoms with Gasteiger partial charge in [0.05, 0.1) is 33.6 Å². The topological polar surface area (TPSA) is 173 Å². The summed E-state index contributed by atoms with van der Waals surface area (Å²) in [5, 5.41) is 38.7. The van der Waals surface area contributed by atoms with Gasteiger partial charge in [-0.1, -0.05) is 12.1 Å². The molecule has 0 saturated heterocycles. The van der Waals surface area contributed by atoms with Crippen LogP contribution in [0.5, 0.6) is 0 Å². The van der Waals surface area contributed by atoms with Crippen LogP contribution in [0.4, 0.5) is 37.7 Å². The number of nitrogens with one attached hydrogen (secondary N) is 2. The van der Waals surface area contributed by atoms with Crippen LogP contribution in [0.3, 0.4) is 0 Å². The predicted molar refractivity (Wildman–Crippen MR) is 104 cm³/mol. The zero-order valence-corrected chi connectivity index (χ0v) is 16.7. The van der Waals surface area contributed by atoms with Crippen LogP contribution in [-0.2, 0) is 0 Å². The van der Waals surface area contributed by atoms with Gasteiger partial charge in [-0.25, -0.2) is 19.2 Å². The van der Waals surface area contributed by atoms with Crippen molar-refractivity contribution < 1.29 is 67.4 Å². The Morgan fingerprint density at radius 1 is 0.629 bits per heavy atom. The Hall–Kier alpha value is -4.50. The fraction of sp³-hybridized carbons (Fsp3) is 0.158. The third-order valence-corrected chi connectivity index (χ3v) is 4.42. The van der Waals surface area contributed by atoms with E-state index >= 15 is 4.39 Å². The molecule has 0 heterocycles. The molecule has 0 aliphatic rings. The molecule has 0 spiro atoms. The highest BCUT2D eigenvalue weighted by molar-refractivity contribution is 6.07. The Balaban J connectivity index is 0.00000648. The molecule has 0 unspecified atom stereocenters. The van der Waals surface area contributed by atoms with Crippen molar-refractivity contribution in [3.8, 4) is 0 Å². The summed E-state index contributed by atoms with van der Waals surface area (Å²) in [5.74, 6) is -19.9. The van der Waals surface area contributed by atoms with Crippen LogP contribution >= 0.6 is 0 Å². The molecule has 35 heavy (non-hydrogen) atoms. The lowest BCUT2D eigenvalue weighted by Gasteiger charge is -2.37. The summed E-state index contributed by atoms with van der Waals surface area (Å²) in [7, 11) is 0. The molecule has 10 nitrogen and oxygen atoms in total. The van der Waals surface area contributed by atoms with E-state index in [1.54, 1.807) is 0 Å². The average Bonchev–Trinajstić information content (AvgIpc) is 2.71. The van der Waals surface area contributed by atoms with Crippen LogP contribution in [-0.4, -0.2) is 62.3 Å². The molecule has 0 aliphatic heterocycles. The number of rotatable bonds is 9. The second kappa shape index (κ2) is 9.03. The van der Waals surface area contributed by atoms with Gasteiger partial charge in [-0.05, 0) is 24.3 Å². The number of hydrogen-bond acceptors (Lipinski definition) is 6. The Bertz CT molecular complexity index is 1140. The van der Waals surface area contributed by atoms with Crippen molar-refractivity contribution in [1.29, 1.82) is 0 Å². The number of carboxylic acid groups (broad SMARTS) is 4. The summed E-state index contributed by atoms with van der Waals surface area (Å²) in [6, 6.07) is 3.65. The molecule has 2 rings (SSSR count). The zero-order valence-electron chi connectivity index (χ0n) is 17.7. The summed E-state index contributed by atoms with van der Waals surface area (Å²) in [6.07, 6.45) is -6.68. The maximum Gasteiger partial charge on any atom is 0.461 e. The first kappa shape index (κ1) is 26.7. The lowest BCUT2D eigenvalue weighted by atomic mass is 10.0. The number of benzene rings is 2. The molecule has 0 radical (unpaired) electrons. The molecule has 0 aliphatic carbocycles. The third kappa shape index (κ3) is 4.90. The third-order valence-electron chi connectivity index (χ3n) is 4.42. The second-order valence-corrected chi connectivity index (χ2v) is 6.66. The van der Waals surface area contributed by atoms with Gasteiger partial charge in [-0.3, -0.25) is 0 Å². The normalized spacial score (nSPS) is 12.1. The maximum atomic E-state index is 15.6. The molecule has 6 N–H and O–H groups in total. The van der Waals surface area contributed by atoms with Gasteiger partial charge in [0.1, 0.15) is 0 Å². The highest BCUT2D eigenvalue weighted by Crippen LogP contribution is 2.47. The van der Waals surface area contributed by atoms with E-state index in [2.05, 4.69) is 0 Å². The van der Waals surface area contributed by atoms with Crippen molar-refractivity contribution in [2.24, 2.45) is 0 Å². The van der Waals surface area contributed by atoms with E-state index in [1.165, 1.54) is 0 Å². The molecular formula is C19H13F6N2O8-. The van der Waals surface area contributed by atoms with Crippen molar-refractivity contribution in [2.45, 2.75) is 18.0 Å². The van der Waals surface area contributed by atoms with Crippen LogP contribution in [0.25, 0.3) is 0 Å². The minimum atomic E-state index is -6.68. The largest absolute Gasteiger partial charge is 1.00 e. The van der Waals surface area contributed by atoms with E-state index in [0.29, 0.717) is 36.4 Å². The van der Waals surface area contributed by atoms with Crippen molar-refractivity contribution in [3.63, 3.8) is 0 Å². The van der Waals surface area contributed by atoms with E-state index < -0.39 is 75.5 Å². The molecule has 0 amide bonds. The van der Waals surface area contributed by atoms with Crippen LogP contribution in [0.15, 0.2) is 36.4 Å². The van der Waals surface area contributed by atoms with Gasteiger partial charge in [0.2, 0.25) is 0 Å². The number of anilines is 2. The monoisotopic (exact) mass is 511 g/mol. The van der Waals surface area contributed by atoms with E-state index in [9.17, 15) is 51.3 Å². The maximum absolute atomic E-state index is 15.6. The van der Waals surface area contributed by atoms with Crippen LogP contribution in [0.2, 0.25) is 0 Å². The van der Waals surface area contributed by atoms with Gasteiger partial charge in [-0.2, -0.15) is 26.3 Å². The van der Waals surface area contributed by atoms with E-state index in [0.717, 1.165) is 10.6 Å². The van der Waals surface area contributed by atoms with Gasteiger partial charge in [0.15, 0.2) is 0 Å². The zero-order chi connectivity index (χ0) is 26.9. The fourth-order valence-corrected chi connectivity index (χ4v) is 2.88. The lowest BCUT2D eigenvalue weighted by molar-refractivity contribution is -0.317. The molecule has 2 aromatic rings. The Morgan fingerprint density at radius 3 is 1.23 bits per heavy atom. The fourth-order valence-electron chi connectivity index (χ4n) is 2.88. The minimum absolute atomic E-state index is 0. The molecule has 0 fully saturated rings. The number of hydrogen-bond donors (Lipinski definition) is 6. The van der Waals surface area contributed by atoms with E-state index in [1.807, 2.05) is 0 Å². The van der Waals surface area contributed by atoms with Crippen molar-refractivity contribution in [3.05, 3.63) is 58.7 Å². The summed E-state index contributed by atoms with van der Waals surface area (Å²) < 4.78 is 83.9. The Kier molecular flexibility index (Phi) is 6.90. The highest BCUT2D eigenvalue weighted by atomic mass is 19.4. The van der Waals surface area contributed by atoms with Gasteiger partial charge in [0, 0.05) is 0 Å². The number of aromatic carboxylic acids is 4. The van der Waals surface area contributed by atoms with Crippen LogP contribution in [0, 0.1) is 0 Å². The molecule has 0 atom stereocenters. The quantitative estimate of drug-likeness (QED) is 0.164. The average molecular weight is 511 g/mol. The standard InChI is InChI=1S/C19H12F6N2O8.H/c20-17(21,18(22,23)24)19(25,26-9-5-1-3-7(13(28)29)11(9)15(32)33)27-10-6-2-4-8(14(30)31)12(10)16(34)35;/h1-6,26-27H,(H,28,29)(H,30,31)(H,32,33)(H,34,35);/q;-1. The summed E-state index contributed by atoms with van der Waals surface area (Å²) in [5.41, 5.74) is -7.75. The first-order valence-corrected chi connectivity index (χ1v) is 8.83. The SMILES string of the molecule is O=C(O)c1cccc(NC(F)(Nc2cccc(C(=O)O)c2C(=O)O)C(F)(F)C(F)(F)F)c1C(=O)O.[H-]. The number of halogens is 6. The Labute approximate surface area is 190 Å². The van der Waals surface area contributed by atoms with E-state index in [-0.39, 0.29) is 1.43 Å². The lowest BCUT2D eigenvalue weighted by Crippen LogP contribution is -2.63. The molecule has 190 valence electrons. The number of carboxylic acids is 4. The minimum Gasteiger partial charge on any atom is -1.00 e. The summed E-state index contributed by atoms with van der Waals surface area (Å²) in [6.45, 7) is 0. The first-order valence-electron chi connectivity index (χ1n) is 8.83. The van der Waals surface area contributed by atoms with Crippen LogP contribution in [0.1, 0.15) is 42.9 Å². The van der Waals surface area contributed by atoms with Crippen molar-refractivity contribution in [1.82, 2.24) is 0 Å². The highest BCUT2D eigenvalue weighted by Gasteiger charge is 2.73. The summed E-state index contributed by atoms with van der Waals surface area (Å²) >= 11 is 0. The Morgan fingerprint density at radius 2 is 0.971 bits per heavy atom. The van der Waals surface area contributed by atoms with Gasteiger partial charge < -0.3 is 32.5 Å². The first-order chi connectivity index (χ1) is 15.9. The van der Waals surface area contributed by atoms with Gasteiger partial charge in [0.25, 0.3) is 0 Å². The van der Waals surface area contributed by atoms with Crippen LogP contribution < -0.4 is 10.6 Å². The number of carbonyl (C=O) groups is 4.